The lowest BCUT2D eigenvalue weighted by molar-refractivity contribution is -0.137. The topological polar surface area (TPSA) is 58.0 Å². The highest BCUT2D eigenvalue weighted by atomic mass is 35.5. The molecule has 1 unspecified atom stereocenters. The summed E-state index contributed by atoms with van der Waals surface area (Å²) in [6.45, 7) is 1.78. The van der Waals surface area contributed by atoms with E-state index < -0.39 is 22.8 Å². The first-order chi connectivity index (χ1) is 15.1. The third-order valence-electron chi connectivity index (χ3n) is 5.06. The molecule has 2 aromatic carbocycles. The average molecular weight is 478 g/mol. The second-order valence-electron chi connectivity index (χ2n) is 7.21. The van der Waals surface area contributed by atoms with Crippen molar-refractivity contribution in [3.8, 4) is 5.75 Å². The summed E-state index contributed by atoms with van der Waals surface area (Å²) in [7, 11) is 0. The van der Waals surface area contributed by atoms with Crippen LogP contribution in [0, 0.1) is 6.92 Å². The van der Waals surface area contributed by atoms with Crippen molar-refractivity contribution in [2.45, 2.75) is 19.1 Å². The molecule has 0 bridgehead atoms. The normalized spacial score (nSPS) is 12.7. The third kappa shape index (κ3) is 4.31. The number of phenolic OH excluding ortho intramolecular Hbond substituents is 1. The SMILES string of the molecule is Cc1cc(NC(c2ccc(Cl)c(C(F)(F)F)c2)c2ccc3cccnc3c2O)ncc1Cl. The summed E-state index contributed by atoms with van der Waals surface area (Å²) in [5, 5.41) is 14.8. The summed E-state index contributed by atoms with van der Waals surface area (Å²) in [4.78, 5) is 8.43. The van der Waals surface area contributed by atoms with Crippen LogP contribution in [0.1, 0.15) is 28.3 Å². The molecule has 32 heavy (non-hydrogen) atoms. The van der Waals surface area contributed by atoms with Crippen molar-refractivity contribution in [1.82, 2.24) is 9.97 Å². The second-order valence-corrected chi connectivity index (χ2v) is 8.03. The molecule has 4 aromatic rings. The van der Waals surface area contributed by atoms with Crippen LogP contribution < -0.4 is 5.32 Å². The van der Waals surface area contributed by atoms with E-state index >= 15 is 0 Å². The first kappa shape index (κ1) is 22.2. The number of pyridine rings is 2. The number of halogens is 5. The van der Waals surface area contributed by atoms with Crippen molar-refractivity contribution in [3.05, 3.63) is 93.2 Å². The maximum Gasteiger partial charge on any atom is 0.417 e. The molecule has 0 saturated heterocycles. The predicted octanol–water partition coefficient (Wildman–Crippen LogP) is 7.17. The highest BCUT2D eigenvalue weighted by molar-refractivity contribution is 6.31. The first-order valence-electron chi connectivity index (χ1n) is 9.47. The number of benzene rings is 2. The Morgan fingerprint density at radius 1 is 1.00 bits per heavy atom. The van der Waals surface area contributed by atoms with Crippen LogP contribution in [0.3, 0.4) is 0 Å². The van der Waals surface area contributed by atoms with Gasteiger partial charge in [0.2, 0.25) is 0 Å². The molecule has 0 amide bonds. The summed E-state index contributed by atoms with van der Waals surface area (Å²) in [5.41, 5.74) is 0.673. The van der Waals surface area contributed by atoms with E-state index in [-0.39, 0.29) is 11.3 Å². The van der Waals surface area contributed by atoms with Gasteiger partial charge in [-0.05, 0) is 42.3 Å². The van der Waals surface area contributed by atoms with Gasteiger partial charge in [-0.1, -0.05) is 47.5 Å². The maximum absolute atomic E-state index is 13.5. The molecule has 0 aliphatic rings. The lowest BCUT2D eigenvalue weighted by Gasteiger charge is -2.23. The minimum absolute atomic E-state index is 0.144. The Kier molecular flexibility index (Phi) is 5.88. The van der Waals surface area contributed by atoms with E-state index in [4.69, 9.17) is 23.2 Å². The predicted molar refractivity (Wildman–Crippen MR) is 119 cm³/mol. The van der Waals surface area contributed by atoms with E-state index in [1.54, 1.807) is 37.3 Å². The maximum atomic E-state index is 13.5. The van der Waals surface area contributed by atoms with Gasteiger partial charge in [-0.15, -0.1) is 0 Å². The molecule has 1 atom stereocenters. The minimum atomic E-state index is -4.64. The quantitative estimate of drug-likeness (QED) is 0.327. The number of nitrogens with zero attached hydrogens (tertiary/aromatic N) is 2. The van der Waals surface area contributed by atoms with Gasteiger partial charge in [0.25, 0.3) is 0 Å². The highest BCUT2D eigenvalue weighted by Gasteiger charge is 2.34. The Morgan fingerprint density at radius 2 is 1.78 bits per heavy atom. The summed E-state index contributed by atoms with van der Waals surface area (Å²) in [5.74, 6) is 0.232. The zero-order valence-corrected chi connectivity index (χ0v) is 18.1. The summed E-state index contributed by atoms with van der Waals surface area (Å²) < 4.78 is 40.5. The molecule has 2 aromatic heterocycles. The first-order valence-corrected chi connectivity index (χ1v) is 10.2. The lowest BCUT2D eigenvalue weighted by Crippen LogP contribution is -2.16. The van der Waals surface area contributed by atoms with Crippen LogP contribution in [-0.4, -0.2) is 15.1 Å². The van der Waals surface area contributed by atoms with Gasteiger partial charge in [0, 0.05) is 23.3 Å². The van der Waals surface area contributed by atoms with Crippen molar-refractivity contribution in [2.75, 3.05) is 5.32 Å². The molecule has 4 rings (SSSR count). The van der Waals surface area contributed by atoms with Crippen molar-refractivity contribution in [3.63, 3.8) is 0 Å². The Hall–Kier alpha value is -3.03. The van der Waals surface area contributed by atoms with Crippen LogP contribution in [-0.2, 0) is 6.18 Å². The van der Waals surface area contributed by atoms with Crippen LogP contribution in [0.4, 0.5) is 19.0 Å². The third-order valence-corrected chi connectivity index (χ3v) is 5.78. The van der Waals surface area contributed by atoms with Gasteiger partial charge in [-0.2, -0.15) is 13.2 Å². The van der Waals surface area contributed by atoms with Gasteiger partial charge in [0.05, 0.1) is 21.7 Å². The van der Waals surface area contributed by atoms with E-state index in [0.717, 1.165) is 11.6 Å². The highest BCUT2D eigenvalue weighted by Crippen LogP contribution is 2.40. The van der Waals surface area contributed by atoms with E-state index in [1.807, 2.05) is 0 Å². The number of nitrogens with one attached hydrogen (secondary N) is 1. The summed E-state index contributed by atoms with van der Waals surface area (Å²) in [6.07, 6.45) is -1.66. The monoisotopic (exact) mass is 477 g/mol. The molecule has 0 fully saturated rings. The fourth-order valence-electron chi connectivity index (χ4n) is 3.42. The van der Waals surface area contributed by atoms with Gasteiger partial charge >= 0.3 is 6.18 Å². The molecule has 2 heterocycles. The minimum Gasteiger partial charge on any atom is -0.505 e. The smallest absolute Gasteiger partial charge is 0.417 e. The molecule has 0 radical (unpaired) electrons. The largest absolute Gasteiger partial charge is 0.505 e. The number of rotatable bonds is 4. The number of aromatic hydroxyl groups is 1. The fourth-order valence-corrected chi connectivity index (χ4v) is 3.75. The molecule has 0 aliphatic heterocycles. The Labute approximate surface area is 191 Å². The van der Waals surface area contributed by atoms with E-state index in [1.165, 1.54) is 24.5 Å². The summed E-state index contributed by atoms with van der Waals surface area (Å²) >= 11 is 11.9. The molecule has 0 saturated carbocycles. The second kappa shape index (κ2) is 8.48. The van der Waals surface area contributed by atoms with Gasteiger partial charge in [0.15, 0.2) is 0 Å². The number of aromatic nitrogens is 2. The Morgan fingerprint density at radius 3 is 2.50 bits per heavy atom. The van der Waals surface area contributed by atoms with Gasteiger partial charge in [0.1, 0.15) is 17.1 Å². The van der Waals surface area contributed by atoms with E-state index in [2.05, 4.69) is 15.3 Å². The molecule has 9 heteroatoms. The van der Waals surface area contributed by atoms with Crippen molar-refractivity contribution in [2.24, 2.45) is 0 Å². The molecule has 0 aliphatic carbocycles. The molecule has 4 nitrogen and oxygen atoms in total. The van der Waals surface area contributed by atoms with Gasteiger partial charge in [-0.25, -0.2) is 4.98 Å². The van der Waals surface area contributed by atoms with Gasteiger partial charge in [-0.3, -0.25) is 4.98 Å². The number of phenols is 1. The van der Waals surface area contributed by atoms with Gasteiger partial charge < -0.3 is 10.4 Å². The lowest BCUT2D eigenvalue weighted by atomic mass is 9.94. The fraction of sp³-hybridized carbons (Fsp3) is 0.130. The molecule has 164 valence electrons. The van der Waals surface area contributed by atoms with Crippen LogP contribution in [0.25, 0.3) is 10.9 Å². The molecular formula is C23H16Cl2F3N3O. The zero-order chi connectivity index (χ0) is 23.0. The Bertz CT molecular complexity index is 1310. The number of hydrogen-bond donors (Lipinski definition) is 2. The molecule has 2 N–H and O–H groups in total. The summed E-state index contributed by atoms with van der Waals surface area (Å²) in [6, 6.07) is 11.3. The molecular weight excluding hydrogens is 462 g/mol. The van der Waals surface area contributed by atoms with E-state index in [0.29, 0.717) is 27.3 Å². The standard InChI is InChI=1S/C23H16Cl2F3N3O/c1-12-9-19(30-11-18(12)25)31-20(14-5-7-17(24)16(10-14)23(26,27)28)15-6-4-13-3-2-8-29-21(13)22(15)32/h2-11,20,32H,1H3,(H,30,31). The number of hydrogen-bond acceptors (Lipinski definition) is 4. The molecule has 0 spiro atoms. The zero-order valence-electron chi connectivity index (χ0n) is 16.6. The number of alkyl halides is 3. The average Bonchev–Trinajstić information content (AvgIpc) is 2.75. The Balaban J connectivity index is 1.90. The van der Waals surface area contributed by atoms with Crippen LogP contribution in [0.5, 0.6) is 5.75 Å². The number of aryl methyl sites for hydroxylation is 1. The number of anilines is 1. The van der Waals surface area contributed by atoms with Crippen LogP contribution in [0.2, 0.25) is 10.0 Å². The number of fused-ring (bicyclic) bond motifs is 1. The van der Waals surface area contributed by atoms with Crippen molar-refractivity contribution in [1.29, 1.82) is 0 Å². The van der Waals surface area contributed by atoms with Crippen LogP contribution >= 0.6 is 23.2 Å². The van der Waals surface area contributed by atoms with Crippen molar-refractivity contribution >= 4 is 39.9 Å². The van der Waals surface area contributed by atoms with E-state index in [9.17, 15) is 18.3 Å². The van der Waals surface area contributed by atoms with Crippen LogP contribution in [0.15, 0.2) is 60.9 Å². The van der Waals surface area contributed by atoms with Crippen molar-refractivity contribution < 1.29 is 18.3 Å².